The van der Waals surface area contributed by atoms with Crippen LogP contribution in [0, 0.1) is 6.92 Å². The third-order valence-corrected chi connectivity index (χ3v) is 3.71. The Labute approximate surface area is 127 Å². The first-order valence-corrected chi connectivity index (χ1v) is 7.20. The number of nitrogens with one attached hydrogen (secondary N) is 1. The monoisotopic (exact) mass is 332 g/mol. The van der Waals surface area contributed by atoms with E-state index in [1.807, 2.05) is 49.4 Å². The van der Waals surface area contributed by atoms with Crippen molar-refractivity contribution in [3.63, 3.8) is 0 Å². The molecule has 3 nitrogen and oxygen atoms in total. The summed E-state index contributed by atoms with van der Waals surface area (Å²) >= 11 is 3.40. The highest BCUT2D eigenvalue weighted by atomic mass is 79.9. The molecule has 0 bridgehead atoms. The van der Waals surface area contributed by atoms with Gasteiger partial charge < -0.3 is 11.1 Å². The van der Waals surface area contributed by atoms with Gasteiger partial charge in [0.25, 0.3) is 0 Å². The van der Waals surface area contributed by atoms with Gasteiger partial charge in [-0.05, 0) is 41.8 Å². The van der Waals surface area contributed by atoms with Gasteiger partial charge >= 0.3 is 0 Å². The number of nitrogen functional groups attached to an aromatic ring is 1. The zero-order valence-electron chi connectivity index (χ0n) is 11.3. The number of benzene rings is 2. The van der Waals surface area contributed by atoms with Crippen molar-refractivity contribution in [2.75, 3.05) is 5.73 Å². The van der Waals surface area contributed by atoms with Gasteiger partial charge in [0.15, 0.2) is 0 Å². The highest BCUT2D eigenvalue weighted by Gasteiger charge is 2.06. The number of carbonyl (C=O) groups excluding carboxylic acids is 1. The van der Waals surface area contributed by atoms with E-state index in [0.29, 0.717) is 13.0 Å². The van der Waals surface area contributed by atoms with Crippen LogP contribution < -0.4 is 11.1 Å². The van der Waals surface area contributed by atoms with Crippen molar-refractivity contribution in [2.45, 2.75) is 19.9 Å². The molecule has 20 heavy (non-hydrogen) atoms. The molecule has 0 unspecified atom stereocenters. The molecular weight excluding hydrogens is 316 g/mol. The van der Waals surface area contributed by atoms with Crippen molar-refractivity contribution in [1.29, 1.82) is 0 Å². The predicted octanol–water partition coefficient (Wildman–Crippen LogP) is 3.20. The number of amides is 1. The number of anilines is 1. The van der Waals surface area contributed by atoms with Gasteiger partial charge in [-0.3, -0.25) is 4.79 Å². The molecule has 0 spiro atoms. The van der Waals surface area contributed by atoms with Crippen LogP contribution in [-0.2, 0) is 17.8 Å². The van der Waals surface area contributed by atoms with E-state index in [1.165, 1.54) is 0 Å². The Morgan fingerprint density at radius 2 is 2.00 bits per heavy atom. The summed E-state index contributed by atoms with van der Waals surface area (Å²) in [6, 6.07) is 13.5. The number of nitrogens with two attached hydrogens (primary N) is 1. The Morgan fingerprint density at radius 1 is 1.25 bits per heavy atom. The molecule has 0 aliphatic heterocycles. The molecule has 0 fully saturated rings. The van der Waals surface area contributed by atoms with E-state index in [2.05, 4.69) is 21.2 Å². The van der Waals surface area contributed by atoms with Crippen LogP contribution in [0.1, 0.15) is 16.7 Å². The summed E-state index contributed by atoms with van der Waals surface area (Å²) < 4.78 is 0.981. The average molecular weight is 333 g/mol. The van der Waals surface area contributed by atoms with Crippen LogP contribution >= 0.6 is 15.9 Å². The summed E-state index contributed by atoms with van der Waals surface area (Å²) in [6.45, 7) is 2.47. The SMILES string of the molecule is Cc1c(N)cccc1CNC(=O)Cc1cccc(Br)c1. The molecule has 2 aromatic carbocycles. The van der Waals surface area contributed by atoms with Gasteiger partial charge in [0, 0.05) is 16.7 Å². The summed E-state index contributed by atoms with van der Waals surface area (Å²) in [6.07, 6.45) is 0.376. The molecule has 0 aliphatic rings. The Balaban J connectivity index is 1.94. The maximum atomic E-state index is 11.9. The zero-order chi connectivity index (χ0) is 14.5. The predicted molar refractivity (Wildman–Crippen MR) is 85.3 cm³/mol. The van der Waals surface area contributed by atoms with Gasteiger partial charge in [-0.25, -0.2) is 0 Å². The van der Waals surface area contributed by atoms with Crippen LogP contribution in [0.3, 0.4) is 0 Å². The standard InChI is InChI=1S/C16H17BrN2O/c1-11-13(5-3-7-15(11)18)10-19-16(20)9-12-4-2-6-14(17)8-12/h2-8H,9-10,18H2,1H3,(H,19,20). The van der Waals surface area contributed by atoms with Gasteiger partial charge in [-0.1, -0.05) is 40.2 Å². The summed E-state index contributed by atoms with van der Waals surface area (Å²) in [5.74, 6) is 0.00456. The van der Waals surface area contributed by atoms with E-state index in [0.717, 1.165) is 26.9 Å². The molecule has 3 N–H and O–H groups in total. The van der Waals surface area contributed by atoms with Gasteiger partial charge in [0.05, 0.1) is 6.42 Å². The number of rotatable bonds is 4. The van der Waals surface area contributed by atoms with Crippen LogP contribution in [0.2, 0.25) is 0 Å². The fourth-order valence-electron chi connectivity index (χ4n) is 1.98. The maximum Gasteiger partial charge on any atom is 0.224 e. The normalized spacial score (nSPS) is 10.3. The molecule has 0 saturated carbocycles. The summed E-state index contributed by atoms with van der Waals surface area (Å²) in [7, 11) is 0. The van der Waals surface area contributed by atoms with Crippen molar-refractivity contribution in [2.24, 2.45) is 0 Å². The van der Waals surface area contributed by atoms with E-state index >= 15 is 0 Å². The Morgan fingerprint density at radius 3 is 2.75 bits per heavy atom. The van der Waals surface area contributed by atoms with Gasteiger partial charge in [-0.2, -0.15) is 0 Å². The van der Waals surface area contributed by atoms with Crippen LogP contribution in [-0.4, -0.2) is 5.91 Å². The minimum absolute atomic E-state index is 0.00456. The molecule has 0 radical (unpaired) electrons. The van der Waals surface area contributed by atoms with Crippen LogP contribution in [0.25, 0.3) is 0 Å². The molecule has 4 heteroatoms. The highest BCUT2D eigenvalue weighted by molar-refractivity contribution is 9.10. The van der Waals surface area contributed by atoms with Crippen molar-refractivity contribution in [1.82, 2.24) is 5.32 Å². The molecule has 0 atom stereocenters. The van der Waals surface area contributed by atoms with Gasteiger partial charge in [-0.15, -0.1) is 0 Å². The zero-order valence-corrected chi connectivity index (χ0v) is 12.9. The molecule has 2 aromatic rings. The largest absolute Gasteiger partial charge is 0.399 e. The van der Waals surface area contributed by atoms with Gasteiger partial charge in [0.2, 0.25) is 5.91 Å². The van der Waals surface area contributed by atoms with Crippen LogP contribution in [0.4, 0.5) is 5.69 Å². The summed E-state index contributed by atoms with van der Waals surface area (Å²) in [5.41, 5.74) is 9.66. The molecule has 0 aromatic heterocycles. The van der Waals surface area contributed by atoms with E-state index < -0.39 is 0 Å². The fourth-order valence-corrected chi connectivity index (χ4v) is 2.43. The second-order valence-electron chi connectivity index (χ2n) is 4.71. The van der Waals surface area contributed by atoms with Crippen molar-refractivity contribution in [3.8, 4) is 0 Å². The number of halogens is 1. The molecule has 1 amide bonds. The lowest BCUT2D eigenvalue weighted by Gasteiger charge is -2.10. The van der Waals surface area contributed by atoms with Gasteiger partial charge in [0.1, 0.15) is 0 Å². The number of hydrogen-bond donors (Lipinski definition) is 2. The van der Waals surface area contributed by atoms with E-state index in [9.17, 15) is 4.79 Å². The maximum absolute atomic E-state index is 11.9. The molecule has 0 saturated heterocycles. The lowest BCUT2D eigenvalue weighted by atomic mass is 10.1. The third kappa shape index (κ3) is 3.84. The molecule has 0 heterocycles. The van der Waals surface area contributed by atoms with E-state index in [4.69, 9.17) is 5.73 Å². The first-order valence-electron chi connectivity index (χ1n) is 6.41. The Hall–Kier alpha value is -1.81. The molecule has 2 rings (SSSR count). The smallest absolute Gasteiger partial charge is 0.224 e. The Bertz CT molecular complexity index is 626. The van der Waals surface area contributed by atoms with Crippen LogP contribution in [0.5, 0.6) is 0 Å². The van der Waals surface area contributed by atoms with Crippen LogP contribution in [0.15, 0.2) is 46.9 Å². The molecular formula is C16H17BrN2O. The first kappa shape index (κ1) is 14.6. The second-order valence-corrected chi connectivity index (χ2v) is 5.63. The Kier molecular flexibility index (Phi) is 4.79. The van der Waals surface area contributed by atoms with E-state index in [-0.39, 0.29) is 5.91 Å². The van der Waals surface area contributed by atoms with E-state index in [1.54, 1.807) is 0 Å². The third-order valence-electron chi connectivity index (χ3n) is 3.22. The number of carbonyl (C=O) groups is 1. The van der Waals surface area contributed by atoms with Crippen molar-refractivity contribution in [3.05, 3.63) is 63.6 Å². The van der Waals surface area contributed by atoms with Crippen molar-refractivity contribution >= 4 is 27.5 Å². The number of hydrogen-bond acceptors (Lipinski definition) is 2. The fraction of sp³-hybridized carbons (Fsp3) is 0.188. The van der Waals surface area contributed by atoms with Crippen molar-refractivity contribution < 1.29 is 4.79 Å². The first-order chi connectivity index (χ1) is 9.56. The summed E-state index contributed by atoms with van der Waals surface area (Å²) in [4.78, 5) is 11.9. The minimum Gasteiger partial charge on any atom is -0.399 e. The lowest BCUT2D eigenvalue weighted by molar-refractivity contribution is -0.120. The second kappa shape index (κ2) is 6.57. The highest BCUT2D eigenvalue weighted by Crippen LogP contribution is 2.15. The average Bonchev–Trinajstić information content (AvgIpc) is 2.40. The minimum atomic E-state index is 0.00456. The molecule has 0 aliphatic carbocycles. The lowest BCUT2D eigenvalue weighted by Crippen LogP contribution is -2.25. The quantitative estimate of drug-likeness (QED) is 0.845. The molecule has 104 valence electrons. The summed E-state index contributed by atoms with van der Waals surface area (Å²) in [5, 5.41) is 2.93. The topological polar surface area (TPSA) is 55.1 Å².